The van der Waals surface area contributed by atoms with Gasteiger partial charge in [0.1, 0.15) is 11.6 Å². The van der Waals surface area contributed by atoms with E-state index in [1.54, 1.807) is 6.07 Å². The topological polar surface area (TPSA) is 91.6 Å². The highest BCUT2D eigenvalue weighted by atomic mass is 19.1. The standard InChI is InChI=1S/C25H24FN5O2/c26-19-5-7-20(8-6-19)28-25(33)21-11-18-14-31(10-9-22(18)29-24(21)27)23(32)15-30-12-16-3-1-2-4-17(16)13-30/h1-8,11H,9-10,12-15H2,(H2,27,29)(H,28,33). The maximum Gasteiger partial charge on any atom is 0.259 e. The first kappa shape index (κ1) is 21.1. The first-order chi connectivity index (χ1) is 16.0. The van der Waals surface area contributed by atoms with Crippen LogP contribution in [0.4, 0.5) is 15.9 Å². The summed E-state index contributed by atoms with van der Waals surface area (Å²) in [6.07, 6.45) is 0.589. The highest BCUT2D eigenvalue weighted by Crippen LogP contribution is 2.25. The Bertz CT molecular complexity index is 1200. The molecule has 0 unspecified atom stereocenters. The maximum atomic E-state index is 13.1. The summed E-state index contributed by atoms with van der Waals surface area (Å²) < 4.78 is 13.1. The van der Waals surface area contributed by atoms with E-state index < -0.39 is 5.91 Å². The second-order valence-corrected chi connectivity index (χ2v) is 8.47. The predicted molar refractivity (Wildman–Crippen MR) is 123 cm³/mol. The van der Waals surface area contributed by atoms with Gasteiger partial charge in [0.25, 0.3) is 5.91 Å². The van der Waals surface area contributed by atoms with Gasteiger partial charge >= 0.3 is 0 Å². The third-order valence-electron chi connectivity index (χ3n) is 6.16. The molecular weight excluding hydrogens is 421 g/mol. The van der Waals surface area contributed by atoms with Crippen molar-refractivity contribution in [3.05, 3.63) is 88.4 Å². The number of hydrogen-bond donors (Lipinski definition) is 2. The molecule has 0 saturated carbocycles. The molecule has 0 saturated heterocycles. The van der Waals surface area contributed by atoms with Crippen molar-refractivity contribution in [1.29, 1.82) is 0 Å². The number of anilines is 2. The molecule has 0 aliphatic carbocycles. The number of hydrogen-bond acceptors (Lipinski definition) is 5. The van der Waals surface area contributed by atoms with Crippen LogP contribution in [0.1, 0.15) is 32.7 Å². The van der Waals surface area contributed by atoms with Gasteiger partial charge in [-0.2, -0.15) is 0 Å². The Morgan fingerprint density at radius 1 is 1.00 bits per heavy atom. The fourth-order valence-corrected chi connectivity index (χ4v) is 4.42. The Morgan fingerprint density at radius 3 is 2.39 bits per heavy atom. The van der Waals surface area contributed by atoms with E-state index in [-0.39, 0.29) is 23.1 Å². The van der Waals surface area contributed by atoms with Crippen molar-refractivity contribution in [3.63, 3.8) is 0 Å². The molecule has 2 aliphatic heterocycles. The molecule has 0 radical (unpaired) electrons. The SMILES string of the molecule is Nc1nc2c(cc1C(=O)Nc1ccc(F)cc1)CN(C(=O)CN1Cc3ccccc3C1)CC2. The average molecular weight is 445 g/mol. The number of halogens is 1. The van der Waals surface area contributed by atoms with Crippen LogP contribution in [0.25, 0.3) is 0 Å². The molecule has 168 valence electrons. The lowest BCUT2D eigenvalue weighted by Gasteiger charge is -2.30. The quantitative estimate of drug-likeness (QED) is 0.644. The van der Waals surface area contributed by atoms with Gasteiger partial charge in [-0.15, -0.1) is 0 Å². The molecule has 3 heterocycles. The van der Waals surface area contributed by atoms with Crippen LogP contribution in [0.15, 0.2) is 54.6 Å². The van der Waals surface area contributed by atoms with E-state index >= 15 is 0 Å². The predicted octanol–water partition coefficient (Wildman–Crippen LogP) is 2.96. The minimum atomic E-state index is -0.423. The van der Waals surface area contributed by atoms with Crippen LogP contribution < -0.4 is 11.1 Å². The van der Waals surface area contributed by atoms with Gasteiger partial charge < -0.3 is 16.0 Å². The van der Waals surface area contributed by atoms with Crippen LogP contribution in [-0.2, 0) is 30.8 Å². The number of nitrogens with zero attached hydrogens (tertiary/aromatic N) is 3. The number of rotatable bonds is 4. The van der Waals surface area contributed by atoms with E-state index in [1.807, 2.05) is 17.0 Å². The first-order valence-corrected chi connectivity index (χ1v) is 10.9. The molecule has 0 atom stereocenters. The third kappa shape index (κ3) is 4.42. The Hall–Kier alpha value is -3.78. The molecule has 2 aromatic carbocycles. The molecule has 2 aliphatic rings. The zero-order valence-corrected chi connectivity index (χ0v) is 18.1. The molecule has 7 nitrogen and oxygen atoms in total. The van der Waals surface area contributed by atoms with Crippen LogP contribution >= 0.6 is 0 Å². The lowest BCUT2D eigenvalue weighted by atomic mass is 10.0. The fraction of sp³-hybridized carbons (Fsp3) is 0.240. The van der Waals surface area contributed by atoms with Crippen LogP contribution in [-0.4, -0.2) is 39.7 Å². The smallest absolute Gasteiger partial charge is 0.259 e. The summed E-state index contributed by atoms with van der Waals surface area (Å²) in [6, 6.07) is 15.5. The number of nitrogens with one attached hydrogen (secondary N) is 1. The van der Waals surface area contributed by atoms with E-state index in [9.17, 15) is 14.0 Å². The van der Waals surface area contributed by atoms with Gasteiger partial charge in [-0.05, 0) is 47.0 Å². The summed E-state index contributed by atoms with van der Waals surface area (Å²) in [7, 11) is 0. The molecule has 0 spiro atoms. The lowest BCUT2D eigenvalue weighted by molar-refractivity contribution is -0.133. The van der Waals surface area contributed by atoms with Crippen molar-refractivity contribution in [2.75, 3.05) is 24.1 Å². The normalized spacial score (nSPS) is 15.1. The first-order valence-electron chi connectivity index (χ1n) is 10.9. The second kappa shape index (κ2) is 8.63. The molecule has 2 amide bonds. The number of carbonyl (C=O) groups excluding carboxylic acids is 2. The third-order valence-corrected chi connectivity index (χ3v) is 6.16. The molecule has 3 N–H and O–H groups in total. The van der Waals surface area contributed by atoms with Gasteiger partial charge in [0.15, 0.2) is 0 Å². The Labute approximate surface area is 191 Å². The molecule has 0 bridgehead atoms. The highest BCUT2D eigenvalue weighted by Gasteiger charge is 2.27. The summed E-state index contributed by atoms with van der Waals surface area (Å²) in [5.74, 6) is -0.608. The van der Waals surface area contributed by atoms with Crippen molar-refractivity contribution in [2.45, 2.75) is 26.1 Å². The van der Waals surface area contributed by atoms with Crippen molar-refractivity contribution >= 4 is 23.3 Å². The van der Waals surface area contributed by atoms with E-state index in [1.165, 1.54) is 35.4 Å². The van der Waals surface area contributed by atoms with Crippen molar-refractivity contribution < 1.29 is 14.0 Å². The number of aromatic nitrogens is 1. The van der Waals surface area contributed by atoms with Gasteiger partial charge in [-0.3, -0.25) is 14.5 Å². The molecule has 8 heteroatoms. The van der Waals surface area contributed by atoms with Crippen molar-refractivity contribution in [2.24, 2.45) is 0 Å². The van der Waals surface area contributed by atoms with E-state index in [0.29, 0.717) is 31.7 Å². The van der Waals surface area contributed by atoms with Crippen LogP contribution in [0.2, 0.25) is 0 Å². The summed E-state index contributed by atoms with van der Waals surface area (Å²) in [5, 5.41) is 2.71. The number of amides is 2. The summed E-state index contributed by atoms with van der Waals surface area (Å²) in [5.41, 5.74) is 10.9. The molecule has 5 rings (SSSR count). The second-order valence-electron chi connectivity index (χ2n) is 8.47. The molecule has 33 heavy (non-hydrogen) atoms. The maximum absolute atomic E-state index is 13.1. The Balaban J connectivity index is 1.27. The molecular formula is C25H24FN5O2. The Morgan fingerprint density at radius 2 is 1.70 bits per heavy atom. The van der Waals surface area contributed by atoms with Crippen LogP contribution in [0.3, 0.4) is 0 Å². The monoisotopic (exact) mass is 445 g/mol. The molecule has 1 aromatic heterocycles. The average Bonchev–Trinajstić information content (AvgIpc) is 3.22. The minimum Gasteiger partial charge on any atom is -0.383 e. The highest BCUT2D eigenvalue weighted by molar-refractivity contribution is 6.07. The zero-order valence-electron chi connectivity index (χ0n) is 18.1. The van der Waals surface area contributed by atoms with Gasteiger partial charge in [0.2, 0.25) is 5.91 Å². The fourth-order valence-electron chi connectivity index (χ4n) is 4.42. The lowest BCUT2D eigenvalue weighted by Crippen LogP contribution is -2.41. The van der Waals surface area contributed by atoms with Gasteiger partial charge in [-0.1, -0.05) is 24.3 Å². The zero-order chi connectivity index (χ0) is 22.9. The van der Waals surface area contributed by atoms with E-state index in [4.69, 9.17) is 5.73 Å². The van der Waals surface area contributed by atoms with Crippen molar-refractivity contribution in [3.8, 4) is 0 Å². The summed E-state index contributed by atoms with van der Waals surface area (Å²) in [4.78, 5) is 34.1. The van der Waals surface area contributed by atoms with Crippen molar-refractivity contribution in [1.82, 2.24) is 14.8 Å². The number of pyridine rings is 1. The van der Waals surface area contributed by atoms with E-state index in [0.717, 1.165) is 24.3 Å². The number of nitrogens with two attached hydrogens (primary N) is 1. The molecule has 0 fully saturated rings. The number of carbonyl (C=O) groups is 2. The van der Waals surface area contributed by atoms with Gasteiger partial charge in [0, 0.05) is 44.0 Å². The van der Waals surface area contributed by atoms with E-state index in [2.05, 4.69) is 27.3 Å². The number of fused-ring (bicyclic) bond motifs is 2. The van der Waals surface area contributed by atoms with Crippen LogP contribution in [0, 0.1) is 5.82 Å². The van der Waals surface area contributed by atoms with Gasteiger partial charge in [0.05, 0.1) is 12.1 Å². The summed E-state index contributed by atoms with van der Waals surface area (Å²) in [6.45, 7) is 2.86. The summed E-state index contributed by atoms with van der Waals surface area (Å²) >= 11 is 0. The van der Waals surface area contributed by atoms with Crippen LogP contribution in [0.5, 0.6) is 0 Å². The van der Waals surface area contributed by atoms with Gasteiger partial charge in [-0.25, -0.2) is 9.37 Å². The molecule has 3 aromatic rings. The minimum absolute atomic E-state index is 0.0580. The number of nitrogen functional groups attached to an aromatic ring is 1. The largest absolute Gasteiger partial charge is 0.383 e. The Kier molecular flexibility index (Phi) is 5.51. The number of benzene rings is 2.